The number of hydrogen-bond donors (Lipinski definition) is 1. The van der Waals surface area contributed by atoms with Gasteiger partial charge in [0, 0.05) is 16.7 Å². The average Bonchev–Trinajstić information content (AvgIpc) is 3.20. The van der Waals surface area contributed by atoms with E-state index in [9.17, 15) is 18.0 Å². The van der Waals surface area contributed by atoms with Gasteiger partial charge in [0.05, 0.1) is 19.9 Å². The fourth-order valence-electron chi connectivity index (χ4n) is 2.61. The summed E-state index contributed by atoms with van der Waals surface area (Å²) in [7, 11) is 1.42. The fraction of sp³-hybridized carbons (Fsp3) is 0.250. The second-order valence-electron chi connectivity index (χ2n) is 6.45. The molecule has 1 N–H and O–H groups in total. The monoisotopic (exact) mass is 455 g/mol. The summed E-state index contributed by atoms with van der Waals surface area (Å²) in [5, 5.41) is 6.71. The quantitative estimate of drug-likeness (QED) is 0.561. The predicted octanol–water partition coefficient (Wildman–Crippen LogP) is 4.58. The summed E-state index contributed by atoms with van der Waals surface area (Å²) in [6.45, 7) is 0.272. The molecule has 2 heterocycles. The van der Waals surface area contributed by atoms with E-state index >= 15 is 0 Å². The molecule has 1 aromatic carbocycles. The molecule has 7 nitrogen and oxygen atoms in total. The lowest BCUT2D eigenvalue weighted by molar-refractivity contribution is -0.153. The van der Waals surface area contributed by atoms with Crippen molar-refractivity contribution >= 4 is 17.5 Å². The van der Waals surface area contributed by atoms with Gasteiger partial charge in [-0.1, -0.05) is 17.7 Å². The number of carbonyl (C=O) groups excluding carboxylic acids is 1. The van der Waals surface area contributed by atoms with Gasteiger partial charge in [-0.15, -0.1) is 0 Å². The molecular formula is C20H17ClF3N3O4. The number of aryl methyl sites for hydroxylation is 1. The molecule has 0 saturated heterocycles. The van der Waals surface area contributed by atoms with Crippen LogP contribution in [0.5, 0.6) is 11.6 Å². The van der Waals surface area contributed by atoms with Crippen LogP contribution < -0.4 is 14.8 Å². The van der Waals surface area contributed by atoms with Crippen LogP contribution in [0, 0.1) is 6.92 Å². The van der Waals surface area contributed by atoms with Crippen LogP contribution in [0.3, 0.4) is 0 Å². The van der Waals surface area contributed by atoms with Crippen molar-refractivity contribution in [3.63, 3.8) is 0 Å². The number of benzene rings is 1. The summed E-state index contributed by atoms with van der Waals surface area (Å²) in [4.78, 5) is 16.5. The number of nitrogens with one attached hydrogen (secondary N) is 1. The normalized spacial score (nSPS) is 11.3. The maximum atomic E-state index is 12.6. The van der Waals surface area contributed by atoms with Gasteiger partial charge in [-0.3, -0.25) is 4.79 Å². The molecule has 2 aromatic heterocycles. The molecule has 1 amide bonds. The van der Waals surface area contributed by atoms with Crippen molar-refractivity contribution in [3.8, 4) is 22.8 Å². The molecule has 0 fully saturated rings. The number of alkyl halides is 3. The molecule has 3 aromatic rings. The summed E-state index contributed by atoms with van der Waals surface area (Å²) in [6, 6.07) is 7.76. The molecule has 0 aliphatic heterocycles. The van der Waals surface area contributed by atoms with Gasteiger partial charge in [0.2, 0.25) is 0 Å². The van der Waals surface area contributed by atoms with Gasteiger partial charge < -0.3 is 19.3 Å². The SMILES string of the molecule is COc1cc(CNC(=O)c2cc(-c3ccc(Cl)c(C)c3)c(OCC(F)(F)F)cn2)on1. The number of aromatic nitrogens is 2. The van der Waals surface area contributed by atoms with E-state index in [1.54, 1.807) is 25.1 Å². The second kappa shape index (κ2) is 9.25. The molecule has 0 spiro atoms. The minimum atomic E-state index is -4.53. The Morgan fingerprint density at radius 2 is 2.03 bits per heavy atom. The molecule has 0 unspecified atom stereocenters. The largest absolute Gasteiger partial charge is 0.482 e. The molecule has 164 valence electrons. The number of halogens is 4. The average molecular weight is 456 g/mol. The Labute approximate surface area is 180 Å². The van der Waals surface area contributed by atoms with Gasteiger partial charge in [-0.2, -0.15) is 13.2 Å². The van der Waals surface area contributed by atoms with E-state index < -0.39 is 18.7 Å². The number of pyridine rings is 1. The number of carbonyl (C=O) groups is 1. The van der Waals surface area contributed by atoms with Gasteiger partial charge in [0.1, 0.15) is 11.4 Å². The minimum Gasteiger partial charge on any atom is -0.482 e. The maximum absolute atomic E-state index is 12.6. The molecule has 0 aliphatic rings. The Balaban J connectivity index is 1.87. The Morgan fingerprint density at radius 3 is 2.68 bits per heavy atom. The summed E-state index contributed by atoms with van der Waals surface area (Å²) < 4.78 is 52.7. The Hall–Kier alpha value is -3.27. The molecule has 31 heavy (non-hydrogen) atoms. The number of rotatable bonds is 7. The van der Waals surface area contributed by atoms with Gasteiger partial charge in [-0.05, 0) is 41.4 Å². The van der Waals surface area contributed by atoms with Crippen molar-refractivity contribution in [2.45, 2.75) is 19.6 Å². The fourth-order valence-corrected chi connectivity index (χ4v) is 2.73. The third-order valence-electron chi connectivity index (χ3n) is 4.13. The third kappa shape index (κ3) is 5.88. The lowest BCUT2D eigenvalue weighted by atomic mass is 10.0. The first-order valence-corrected chi connectivity index (χ1v) is 9.28. The molecule has 3 rings (SSSR count). The highest BCUT2D eigenvalue weighted by Crippen LogP contribution is 2.33. The first-order chi connectivity index (χ1) is 14.7. The van der Waals surface area contributed by atoms with Crippen molar-refractivity contribution < 1.29 is 32.0 Å². The van der Waals surface area contributed by atoms with Crippen LogP contribution in [0.1, 0.15) is 21.8 Å². The van der Waals surface area contributed by atoms with E-state index in [-0.39, 0.29) is 29.4 Å². The molecule has 0 aliphatic carbocycles. The van der Waals surface area contributed by atoms with Crippen molar-refractivity contribution in [3.05, 3.63) is 58.6 Å². The van der Waals surface area contributed by atoms with E-state index in [4.69, 9.17) is 25.6 Å². The third-order valence-corrected chi connectivity index (χ3v) is 4.55. The topological polar surface area (TPSA) is 86.5 Å². The van der Waals surface area contributed by atoms with Crippen LogP contribution in [0.4, 0.5) is 13.2 Å². The smallest absolute Gasteiger partial charge is 0.422 e. The van der Waals surface area contributed by atoms with Gasteiger partial charge in [-0.25, -0.2) is 4.98 Å². The van der Waals surface area contributed by atoms with Gasteiger partial charge in [0.25, 0.3) is 11.8 Å². The van der Waals surface area contributed by atoms with Crippen LogP contribution in [0.25, 0.3) is 11.1 Å². The zero-order chi connectivity index (χ0) is 22.6. The zero-order valence-electron chi connectivity index (χ0n) is 16.4. The number of ether oxygens (including phenoxy) is 2. The van der Waals surface area contributed by atoms with Crippen molar-refractivity contribution in [1.82, 2.24) is 15.5 Å². The summed E-state index contributed by atoms with van der Waals surface area (Å²) in [5.41, 5.74) is 1.48. The minimum absolute atomic E-state index is 0.0125. The van der Waals surface area contributed by atoms with E-state index in [0.29, 0.717) is 21.9 Å². The number of nitrogens with zero attached hydrogens (tertiary/aromatic N) is 2. The molecule has 0 radical (unpaired) electrons. The molecule has 11 heteroatoms. The van der Waals surface area contributed by atoms with Crippen LogP contribution in [-0.4, -0.2) is 35.9 Å². The number of amides is 1. The first-order valence-electron chi connectivity index (χ1n) is 8.90. The van der Waals surface area contributed by atoms with Crippen LogP contribution in [0.2, 0.25) is 5.02 Å². The molecule has 0 saturated carbocycles. The lowest BCUT2D eigenvalue weighted by Crippen LogP contribution is -2.24. The highest BCUT2D eigenvalue weighted by molar-refractivity contribution is 6.31. The van der Waals surface area contributed by atoms with Crippen LogP contribution in [-0.2, 0) is 6.54 Å². The number of methoxy groups -OCH3 is 1. The highest BCUT2D eigenvalue weighted by Gasteiger charge is 2.29. The Bertz CT molecular complexity index is 1090. The van der Waals surface area contributed by atoms with Gasteiger partial charge in [0.15, 0.2) is 12.4 Å². The molecular weight excluding hydrogens is 439 g/mol. The predicted molar refractivity (Wildman–Crippen MR) is 105 cm³/mol. The van der Waals surface area contributed by atoms with Crippen LogP contribution >= 0.6 is 11.6 Å². The first kappa shape index (κ1) is 22.4. The standard InChI is InChI=1S/C20H17ClF3N3O4/c1-11-5-12(3-4-15(11)21)14-7-16(25-9-17(14)30-10-20(22,23)24)19(28)26-8-13-6-18(29-2)27-31-13/h3-7,9H,8,10H2,1-2H3,(H,26,28). The maximum Gasteiger partial charge on any atom is 0.422 e. The Morgan fingerprint density at radius 1 is 1.26 bits per heavy atom. The lowest BCUT2D eigenvalue weighted by Gasteiger charge is -2.15. The highest BCUT2D eigenvalue weighted by atomic mass is 35.5. The van der Waals surface area contributed by atoms with E-state index in [1.807, 2.05) is 0 Å². The van der Waals surface area contributed by atoms with Crippen LogP contribution in [0.15, 0.2) is 41.1 Å². The second-order valence-corrected chi connectivity index (χ2v) is 6.86. The zero-order valence-corrected chi connectivity index (χ0v) is 17.2. The summed E-state index contributed by atoms with van der Waals surface area (Å²) in [6.07, 6.45) is -3.45. The van der Waals surface area contributed by atoms with Crippen molar-refractivity contribution in [2.24, 2.45) is 0 Å². The van der Waals surface area contributed by atoms with E-state index in [2.05, 4.69) is 15.5 Å². The number of hydrogen-bond acceptors (Lipinski definition) is 6. The molecule has 0 bridgehead atoms. The van der Waals surface area contributed by atoms with Gasteiger partial charge >= 0.3 is 6.18 Å². The molecule has 0 atom stereocenters. The van der Waals surface area contributed by atoms with E-state index in [1.165, 1.54) is 19.2 Å². The Kier molecular flexibility index (Phi) is 6.69. The van der Waals surface area contributed by atoms with E-state index in [0.717, 1.165) is 6.20 Å². The van der Waals surface area contributed by atoms with Crippen molar-refractivity contribution in [2.75, 3.05) is 13.7 Å². The van der Waals surface area contributed by atoms with Crippen molar-refractivity contribution in [1.29, 1.82) is 0 Å². The summed E-state index contributed by atoms with van der Waals surface area (Å²) in [5.74, 6) is -0.0712. The summed E-state index contributed by atoms with van der Waals surface area (Å²) >= 11 is 6.04.